The van der Waals surface area contributed by atoms with Crippen molar-refractivity contribution in [2.24, 2.45) is 4.99 Å². The van der Waals surface area contributed by atoms with E-state index in [0.29, 0.717) is 45.3 Å². The van der Waals surface area contributed by atoms with Gasteiger partial charge in [0, 0.05) is 10.4 Å². The lowest BCUT2D eigenvalue weighted by Crippen LogP contribution is -2.39. The maximum atomic E-state index is 14.0. The molecule has 0 unspecified atom stereocenters. The van der Waals surface area contributed by atoms with Crippen molar-refractivity contribution in [1.29, 1.82) is 0 Å². The molecule has 204 valence electrons. The zero-order valence-electron chi connectivity index (χ0n) is 22.2. The van der Waals surface area contributed by atoms with Gasteiger partial charge in [-0.25, -0.2) is 9.79 Å². The second-order valence-corrected chi connectivity index (χ2v) is 10.7. The fourth-order valence-corrected chi connectivity index (χ4v) is 6.28. The highest BCUT2D eigenvalue weighted by Gasteiger charge is 2.35. The molecule has 9 heteroatoms. The van der Waals surface area contributed by atoms with Gasteiger partial charge in [0.1, 0.15) is 12.6 Å². The molecule has 0 saturated heterocycles. The molecule has 0 bridgehead atoms. The SMILES string of the molecule is C=CCOc1ccc(/C=c2\sc3n(c2=O)[C@@H](c2cccs2)C(C(=O)OCC)=C(c2ccccc2)N=3)cc1OCC. The Labute approximate surface area is 239 Å². The minimum Gasteiger partial charge on any atom is -0.490 e. The fourth-order valence-electron chi connectivity index (χ4n) is 4.46. The molecule has 4 aromatic rings. The first kappa shape index (κ1) is 27.4. The number of benzene rings is 2. The third-order valence-corrected chi connectivity index (χ3v) is 8.02. The average Bonchev–Trinajstić information content (AvgIpc) is 3.61. The summed E-state index contributed by atoms with van der Waals surface area (Å²) in [5, 5.41) is 1.93. The monoisotopic (exact) mass is 572 g/mol. The fraction of sp³-hybridized carbons (Fsp3) is 0.194. The highest BCUT2D eigenvalue weighted by molar-refractivity contribution is 7.10. The van der Waals surface area contributed by atoms with E-state index in [9.17, 15) is 9.59 Å². The van der Waals surface area contributed by atoms with Gasteiger partial charge in [0.25, 0.3) is 5.56 Å². The van der Waals surface area contributed by atoms with Crippen molar-refractivity contribution in [3.05, 3.63) is 120 Å². The van der Waals surface area contributed by atoms with Gasteiger partial charge in [-0.3, -0.25) is 9.36 Å². The van der Waals surface area contributed by atoms with Crippen LogP contribution in [0.1, 0.15) is 35.9 Å². The van der Waals surface area contributed by atoms with Crippen LogP contribution in [0.3, 0.4) is 0 Å². The molecule has 0 amide bonds. The maximum Gasteiger partial charge on any atom is 0.338 e. The Bertz CT molecular complexity index is 1730. The number of ether oxygens (including phenoxy) is 3. The Morgan fingerprint density at radius 2 is 1.88 bits per heavy atom. The number of carbonyl (C=O) groups excluding carboxylic acids is 1. The molecule has 7 nitrogen and oxygen atoms in total. The van der Waals surface area contributed by atoms with Crippen molar-refractivity contribution in [2.75, 3.05) is 19.8 Å². The molecule has 0 saturated carbocycles. The Morgan fingerprint density at radius 3 is 2.58 bits per heavy atom. The van der Waals surface area contributed by atoms with E-state index in [2.05, 4.69) is 6.58 Å². The number of rotatable bonds is 10. The standard InChI is InChI=1S/C31H28N2O5S2/c1-4-16-38-22-15-14-20(18-23(22)36-5-2)19-25-29(34)33-28(24-13-10-17-39-24)26(30(35)37-6-3)27(32-31(33)40-25)21-11-8-7-9-12-21/h4,7-15,17-19,28H,1,5-6,16H2,2-3H3/b25-19-/t28-/m0/s1. The summed E-state index contributed by atoms with van der Waals surface area (Å²) in [7, 11) is 0. The molecule has 0 radical (unpaired) electrons. The van der Waals surface area contributed by atoms with Crippen LogP contribution in [0.15, 0.2) is 94.1 Å². The minimum atomic E-state index is -0.665. The molecular formula is C31H28N2O5S2. The molecule has 0 N–H and O–H groups in total. The predicted octanol–water partition coefficient (Wildman–Crippen LogP) is 4.96. The number of fused-ring (bicyclic) bond motifs is 1. The lowest BCUT2D eigenvalue weighted by Gasteiger charge is -2.24. The van der Waals surface area contributed by atoms with Gasteiger partial charge < -0.3 is 14.2 Å². The summed E-state index contributed by atoms with van der Waals surface area (Å²) in [5.74, 6) is 0.692. The number of hydrogen-bond donors (Lipinski definition) is 0. The molecule has 5 rings (SSSR count). The number of carbonyl (C=O) groups is 1. The lowest BCUT2D eigenvalue weighted by atomic mass is 9.97. The van der Waals surface area contributed by atoms with E-state index in [0.717, 1.165) is 16.0 Å². The summed E-state index contributed by atoms with van der Waals surface area (Å²) in [6.45, 7) is 8.39. The first-order valence-corrected chi connectivity index (χ1v) is 14.6. The van der Waals surface area contributed by atoms with Gasteiger partial charge in [0.15, 0.2) is 16.3 Å². The van der Waals surface area contributed by atoms with Crippen LogP contribution in [0.5, 0.6) is 11.5 Å². The van der Waals surface area contributed by atoms with Gasteiger partial charge in [-0.1, -0.05) is 66.5 Å². The van der Waals surface area contributed by atoms with E-state index in [1.807, 2.05) is 79.0 Å². The van der Waals surface area contributed by atoms with E-state index in [1.54, 1.807) is 17.6 Å². The normalized spacial score (nSPS) is 14.8. The van der Waals surface area contributed by atoms with E-state index >= 15 is 0 Å². The summed E-state index contributed by atoms with van der Waals surface area (Å²) in [6.07, 6.45) is 3.48. The van der Waals surface area contributed by atoms with E-state index in [1.165, 1.54) is 22.7 Å². The van der Waals surface area contributed by atoms with E-state index in [-0.39, 0.29) is 12.2 Å². The third-order valence-electron chi connectivity index (χ3n) is 6.11. The van der Waals surface area contributed by atoms with Crippen molar-refractivity contribution in [3.63, 3.8) is 0 Å². The quantitative estimate of drug-likeness (QED) is 0.198. The highest BCUT2D eigenvalue weighted by Crippen LogP contribution is 2.37. The molecule has 2 aromatic carbocycles. The molecule has 0 fully saturated rings. The molecule has 3 heterocycles. The van der Waals surface area contributed by atoms with Crippen molar-refractivity contribution in [2.45, 2.75) is 19.9 Å². The molecular weight excluding hydrogens is 544 g/mol. The number of aromatic nitrogens is 1. The van der Waals surface area contributed by atoms with Gasteiger partial charge in [0.05, 0.1) is 29.0 Å². The van der Waals surface area contributed by atoms with E-state index in [4.69, 9.17) is 19.2 Å². The third kappa shape index (κ3) is 5.43. The van der Waals surface area contributed by atoms with Crippen LogP contribution in [0.2, 0.25) is 0 Å². The number of thiazole rings is 1. The van der Waals surface area contributed by atoms with Crippen LogP contribution in [-0.4, -0.2) is 30.4 Å². The Balaban J connectivity index is 1.71. The molecule has 1 atom stereocenters. The van der Waals surface area contributed by atoms with Gasteiger partial charge >= 0.3 is 5.97 Å². The second-order valence-electron chi connectivity index (χ2n) is 8.69. The Hall–Kier alpha value is -4.21. The molecule has 0 aliphatic carbocycles. The number of hydrogen-bond acceptors (Lipinski definition) is 8. The topological polar surface area (TPSA) is 79.1 Å². The van der Waals surface area contributed by atoms with Crippen LogP contribution >= 0.6 is 22.7 Å². The molecule has 2 aromatic heterocycles. The lowest BCUT2D eigenvalue weighted by molar-refractivity contribution is -0.138. The molecule has 1 aliphatic rings. The van der Waals surface area contributed by atoms with Gasteiger partial charge in [-0.2, -0.15) is 0 Å². The number of esters is 1. The van der Waals surface area contributed by atoms with Crippen LogP contribution in [0.25, 0.3) is 11.8 Å². The summed E-state index contributed by atoms with van der Waals surface area (Å²) in [6, 6.07) is 18.2. The Morgan fingerprint density at radius 1 is 1.05 bits per heavy atom. The van der Waals surface area contributed by atoms with Crippen molar-refractivity contribution in [1.82, 2.24) is 4.57 Å². The summed E-state index contributed by atoms with van der Waals surface area (Å²) >= 11 is 2.76. The van der Waals surface area contributed by atoms with Gasteiger partial charge in [-0.05, 0) is 49.1 Å². The molecule has 0 spiro atoms. The minimum absolute atomic E-state index is 0.209. The summed E-state index contributed by atoms with van der Waals surface area (Å²) < 4.78 is 19.1. The zero-order chi connectivity index (χ0) is 28.1. The smallest absolute Gasteiger partial charge is 0.338 e. The van der Waals surface area contributed by atoms with Crippen LogP contribution < -0.4 is 24.4 Å². The largest absolute Gasteiger partial charge is 0.490 e. The maximum absolute atomic E-state index is 14.0. The first-order valence-electron chi connectivity index (χ1n) is 12.9. The van der Waals surface area contributed by atoms with Gasteiger partial charge in [-0.15, -0.1) is 11.3 Å². The van der Waals surface area contributed by atoms with E-state index < -0.39 is 12.0 Å². The first-order chi connectivity index (χ1) is 19.5. The van der Waals surface area contributed by atoms with Crippen molar-refractivity contribution >= 4 is 40.4 Å². The molecule has 1 aliphatic heterocycles. The van der Waals surface area contributed by atoms with Crippen LogP contribution in [0, 0.1) is 0 Å². The number of nitrogens with zero attached hydrogens (tertiary/aromatic N) is 2. The average molecular weight is 573 g/mol. The summed E-state index contributed by atoms with van der Waals surface area (Å²) in [4.78, 5) is 33.6. The number of thiophene rings is 1. The highest BCUT2D eigenvalue weighted by atomic mass is 32.1. The van der Waals surface area contributed by atoms with Crippen molar-refractivity contribution < 1.29 is 19.0 Å². The second kappa shape index (κ2) is 12.3. The summed E-state index contributed by atoms with van der Waals surface area (Å²) in [5.41, 5.74) is 2.17. The predicted molar refractivity (Wildman–Crippen MR) is 159 cm³/mol. The van der Waals surface area contributed by atoms with Gasteiger partial charge in [0.2, 0.25) is 0 Å². The van der Waals surface area contributed by atoms with Crippen LogP contribution in [-0.2, 0) is 9.53 Å². The van der Waals surface area contributed by atoms with Crippen molar-refractivity contribution in [3.8, 4) is 11.5 Å². The Kier molecular flexibility index (Phi) is 8.42. The zero-order valence-corrected chi connectivity index (χ0v) is 23.8. The molecule has 40 heavy (non-hydrogen) atoms. The van der Waals surface area contributed by atoms with Crippen LogP contribution in [0.4, 0.5) is 0 Å².